The van der Waals surface area contributed by atoms with Gasteiger partial charge in [0.1, 0.15) is 0 Å². The zero-order valence-electron chi connectivity index (χ0n) is 10.5. The molecule has 1 aliphatic carbocycles. The van der Waals surface area contributed by atoms with Crippen molar-refractivity contribution in [2.75, 3.05) is 17.7 Å². The van der Waals surface area contributed by atoms with Crippen molar-refractivity contribution in [3.8, 4) is 0 Å². The van der Waals surface area contributed by atoms with Crippen LogP contribution in [-0.2, 0) is 0 Å². The van der Waals surface area contributed by atoms with E-state index in [9.17, 15) is 9.50 Å². The molecule has 19 heavy (non-hydrogen) atoms. The van der Waals surface area contributed by atoms with Crippen molar-refractivity contribution in [3.05, 3.63) is 30.2 Å². The number of rotatable bonds is 3. The quantitative estimate of drug-likeness (QED) is 0.741. The Bertz CT molecular complexity index is 620. The summed E-state index contributed by atoms with van der Waals surface area (Å²) in [5.74, 6) is -0.427. The number of benzene rings is 1. The van der Waals surface area contributed by atoms with Crippen LogP contribution in [0, 0.1) is 5.82 Å². The molecule has 0 unspecified atom stereocenters. The Morgan fingerprint density at radius 1 is 1.47 bits per heavy atom. The van der Waals surface area contributed by atoms with Crippen LogP contribution in [0.3, 0.4) is 0 Å². The zero-order chi connectivity index (χ0) is 13.5. The predicted octanol–water partition coefficient (Wildman–Crippen LogP) is 2.28. The molecule has 1 aromatic carbocycles. The highest BCUT2D eigenvalue weighted by molar-refractivity contribution is 5.98. The van der Waals surface area contributed by atoms with Crippen LogP contribution in [-0.4, -0.2) is 22.2 Å². The molecule has 1 saturated carbocycles. The number of fused-ring (bicyclic) bond motifs is 1. The lowest BCUT2D eigenvalue weighted by Gasteiger charge is -2.42. The normalized spacial score (nSPS) is 17.2. The summed E-state index contributed by atoms with van der Waals surface area (Å²) in [6, 6.07) is 4.89. The summed E-state index contributed by atoms with van der Waals surface area (Å²) in [5, 5.41) is 13.3. The number of anilines is 2. The van der Waals surface area contributed by atoms with Crippen LogP contribution in [0.4, 0.5) is 15.8 Å². The number of nitrogens with one attached hydrogen (secondary N) is 1. The van der Waals surface area contributed by atoms with Crippen molar-refractivity contribution >= 4 is 22.3 Å². The Balaban J connectivity index is 2.12. The summed E-state index contributed by atoms with van der Waals surface area (Å²) in [6.45, 7) is -0.00879. The van der Waals surface area contributed by atoms with Gasteiger partial charge in [-0.15, -0.1) is 0 Å². The minimum atomic E-state index is -0.427. The molecule has 1 aromatic heterocycles. The molecular formula is C14H16FN3O. The number of hydrogen-bond donors (Lipinski definition) is 3. The largest absolute Gasteiger partial charge is 0.398 e. The van der Waals surface area contributed by atoms with Crippen molar-refractivity contribution in [1.82, 2.24) is 4.98 Å². The van der Waals surface area contributed by atoms with E-state index in [1.54, 1.807) is 12.3 Å². The third-order valence-electron chi connectivity index (χ3n) is 3.88. The number of pyridine rings is 1. The molecule has 4 N–H and O–H groups in total. The van der Waals surface area contributed by atoms with Gasteiger partial charge < -0.3 is 16.2 Å². The Labute approximate surface area is 110 Å². The fraction of sp³-hybridized carbons (Fsp3) is 0.357. The molecule has 0 aliphatic heterocycles. The number of nitrogen functional groups attached to an aromatic ring is 1. The van der Waals surface area contributed by atoms with Gasteiger partial charge in [0, 0.05) is 17.3 Å². The first-order valence-corrected chi connectivity index (χ1v) is 6.37. The van der Waals surface area contributed by atoms with Crippen molar-refractivity contribution in [2.24, 2.45) is 0 Å². The van der Waals surface area contributed by atoms with Crippen LogP contribution in [0.5, 0.6) is 0 Å². The van der Waals surface area contributed by atoms with Crippen LogP contribution in [0.15, 0.2) is 24.4 Å². The maximum absolute atomic E-state index is 14.1. The van der Waals surface area contributed by atoms with E-state index >= 15 is 0 Å². The highest BCUT2D eigenvalue weighted by Crippen LogP contribution is 2.38. The molecule has 2 aromatic rings. The van der Waals surface area contributed by atoms with E-state index in [0.717, 1.165) is 24.6 Å². The average molecular weight is 261 g/mol. The summed E-state index contributed by atoms with van der Waals surface area (Å²) < 4.78 is 14.1. The Morgan fingerprint density at radius 3 is 2.89 bits per heavy atom. The smallest absolute Gasteiger partial charge is 0.150 e. The second-order valence-electron chi connectivity index (χ2n) is 5.14. The van der Waals surface area contributed by atoms with Gasteiger partial charge >= 0.3 is 0 Å². The van der Waals surface area contributed by atoms with Crippen molar-refractivity contribution in [3.63, 3.8) is 0 Å². The number of nitrogens with zero attached hydrogens (tertiary/aromatic N) is 1. The number of aliphatic hydroxyl groups excluding tert-OH is 1. The lowest BCUT2D eigenvalue weighted by atomic mass is 9.77. The highest BCUT2D eigenvalue weighted by Gasteiger charge is 2.37. The van der Waals surface area contributed by atoms with E-state index in [4.69, 9.17) is 5.73 Å². The molecule has 1 fully saturated rings. The van der Waals surface area contributed by atoms with Gasteiger partial charge in [-0.05, 0) is 37.5 Å². The van der Waals surface area contributed by atoms with Crippen LogP contribution < -0.4 is 11.1 Å². The highest BCUT2D eigenvalue weighted by atomic mass is 19.1. The fourth-order valence-electron chi connectivity index (χ4n) is 2.55. The molecule has 1 aliphatic rings. The second kappa shape index (κ2) is 4.35. The number of halogens is 1. The summed E-state index contributed by atoms with van der Waals surface area (Å²) >= 11 is 0. The summed E-state index contributed by atoms with van der Waals surface area (Å²) in [7, 11) is 0. The molecule has 0 saturated heterocycles. The Kier molecular flexibility index (Phi) is 2.78. The van der Waals surface area contributed by atoms with E-state index in [1.807, 2.05) is 6.07 Å². The maximum atomic E-state index is 14.1. The first kappa shape index (κ1) is 12.2. The molecule has 3 rings (SSSR count). The fourth-order valence-corrected chi connectivity index (χ4v) is 2.55. The van der Waals surface area contributed by atoms with Gasteiger partial charge in [0.15, 0.2) is 5.82 Å². The van der Waals surface area contributed by atoms with Gasteiger partial charge in [-0.1, -0.05) is 0 Å². The molecule has 4 nitrogen and oxygen atoms in total. The van der Waals surface area contributed by atoms with E-state index < -0.39 is 11.4 Å². The number of hydrogen-bond acceptors (Lipinski definition) is 4. The molecule has 100 valence electrons. The topological polar surface area (TPSA) is 71.2 Å². The van der Waals surface area contributed by atoms with E-state index in [2.05, 4.69) is 10.3 Å². The molecule has 0 bridgehead atoms. The van der Waals surface area contributed by atoms with Crippen LogP contribution in [0.25, 0.3) is 10.9 Å². The van der Waals surface area contributed by atoms with Crippen molar-refractivity contribution in [1.29, 1.82) is 0 Å². The first-order valence-electron chi connectivity index (χ1n) is 6.37. The van der Waals surface area contributed by atoms with Gasteiger partial charge in [0.25, 0.3) is 0 Å². The van der Waals surface area contributed by atoms with Gasteiger partial charge in [-0.25, -0.2) is 4.39 Å². The summed E-state index contributed by atoms with van der Waals surface area (Å²) in [6.07, 6.45) is 4.32. The number of aromatic nitrogens is 1. The summed E-state index contributed by atoms with van der Waals surface area (Å²) in [5.41, 5.74) is 6.61. The van der Waals surface area contributed by atoms with Gasteiger partial charge in [0.05, 0.1) is 23.3 Å². The molecule has 1 heterocycles. The van der Waals surface area contributed by atoms with Crippen molar-refractivity contribution < 1.29 is 9.50 Å². The molecule has 0 radical (unpaired) electrons. The lowest BCUT2D eigenvalue weighted by Crippen LogP contribution is -2.48. The zero-order valence-corrected chi connectivity index (χ0v) is 10.5. The predicted molar refractivity (Wildman–Crippen MR) is 73.4 cm³/mol. The Morgan fingerprint density at radius 2 is 2.26 bits per heavy atom. The third kappa shape index (κ3) is 1.90. The second-order valence-corrected chi connectivity index (χ2v) is 5.14. The molecule has 5 heteroatoms. The molecule has 0 amide bonds. The van der Waals surface area contributed by atoms with Gasteiger partial charge in [-0.2, -0.15) is 0 Å². The molecule has 0 atom stereocenters. The third-order valence-corrected chi connectivity index (χ3v) is 3.88. The maximum Gasteiger partial charge on any atom is 0.150 e. The minimum absolute atomic E-state index is 0.00879. The van der Waals surface area contributed by atoms with Crippen molar-refractivity contribution in [2.45, 2.75) is 24.8 Å². The SMILES string of the molecule is Nc1cc(F)c(NC2(CO)CCC2)c2ncccc12. The number of nitrogens with two attached hydrogens (primary N) is 1. The van der Waals surface area contributed by atoms with E-state index in [-0.39, 0.29) is 6.61 Å². The average Bonchev–Trinajstić information content (AvgIpc) is 2.37. The standard InChI is InChI=1S/C14H16FN3O/c15-10-7-11(16)9-3-1-6-17-12(9)13(10)18-14(8-19)4-2-5-14/h1,3,6-7,18-19H,2,4-5,8,16H2. The van der Waals surface area contributed by atoms with E-state index in [1.165, 1.54) is 6.07 Å². The first-order chi connectivity index (χ1) is 9.15. The van der Waals surface area contributed by atoms with Crippen LogP contribution in [0.1, 0.15) is 19.3 Å². The van der Waals surface area contributed by atoms with Crippen LogP contribution >= 0.6 is 0 Å². The van der Waals surface area contributed by atoms with Gasteiger partial charge in [-0.3, -0.25) is 4.98 Å². The lowest BCUT2D eigenvalue weighted by molar-refractivity contribution is 0.144. The molecular weight excluding hydrogens is 245 g/mol. The summed E-state index contributed by atoms with van der Waals surface area (Å²) in [4.78, 5) is 4.22. The van der Waals surface area contributed by atoms with Gasteiger partial charge in [0.2, 0.25) is 0 Å². The number of aliphatic hydroxyl groups is 1. The van der Waals surface area contributed by atoms with E-state index in [0.29, 0.717) is 16.9 Å². The monoisotopic (exact) mass is 261 g/mol. The Hall–Kier alpha value is -1.88. The molecule has 0 spiro atoms. The van der Waals surface area contributed by atoms with Crippen LogP contribution in [0.2, 0.25) is 0 Å². The minimum Gasteiger partial charge on any atom is -0.398 e.